The first kappa shape index (κ1) is 20.6. The molecule has 8 nitrogen and oxygen atoms in total. The highest BCUT2D eigenvalue weighted by molar-refractivity contribution is 5.98. The number of nitrogens with one attached hydrogen (secondary N) is 1. The summed E-state index contributed by atoms with van der Waals surface area (Å²) < 4.78 is 11.3. The van der Waals surface area contributed by atoms with Gasteiger partial charge in [0.1, 0.15) is 18.3 Å². The number of alkyl carbamates (subject to hydrolysis) is 1. The van der Waals surface area contributed by atoms with E-state index < -0.39 is 12.0 Å². The van der Waals surface area contributed by atoms with E-state index in [0.29, 0.717) is 18.5 Å². The van der Waals surface area contributed by atoms with Crippen LogP contribution in [-0.4, -0.2) is 34.1 Å². The molecule has 1 fully saturated rings. The molecule has 4 rings (SSSR count). The average Bonchev–Trinajstić information content (AvgIpc) is 2.79. The number of ether oxygens (including phenoxy) is 2. The van der Waals surface area contributed by atoms with E-state index in [9.17, 15) is 9.59 Å². The zero-order valence-corrected chi connectivity index (χ0v) is 17.0. The molecule has 2 heterocycles. The molecule has 3 aromatic rings. The van der Waals surface area contributed by atoms with Crippen LogP contribution in [0.5, 0.6) is 5.88 Å². The lowest BCUT2D eigenvalue weighted by Gasteiger charge is -2.29. The number of pyridine rings is 2. The van der Waals surface area contributed by atoms with E-state index in [2.05, 4.69) is 15.3 Å². The molecule has 0 aliphatic heterocycles. The summed E-state index contributed by atoms with van der Waals surface area (Å²) in [6, 6.07) is 14.8. The lowest BCUT2D eigenvalue weighted by Crippen LogP contribution is -2.40. The molecule has 160 valence electrons. The Balaban J connectivity index is 1.30. The van der Waals surface area contributed by atoms with Crippen molar-refractivity contribution in [2.45, 2.75) is 44.4 Å². The lowest BCUT2D eigenvalue weighted by atomic mass is 9.93. The van der Waals surface area contributed by atoms with Crippen LogP contribution in [-0.2, 0) is 11.3 Å². The number of nitrogens with two attached hydrogens (primary N) is 1. The van der Waals surface area contributed by atoms with Crippen molar-refractivity contribution < 1.29 is 19.1 Å². The molecule has 1 saturated carbocycles. The van der Waals surface area contributed by atoms with E-state index in [1.807, 2.05) is 36.4 Å². The molecule has 0 atom stereocenters. The Morgan fingerprint density at radius 3 is 2.58 bits per heavy atom. The van der Waals surface area contributed by atoms with Crippen LogP contribution in [0.4, 0.5) is 4.79 Å². The third-order valence-electron chi connectivity index (χ3n) is 5.31. The van der Waals surface area contributed by atoms with Crippen molar-refractivity contribution in [1.82, 2.24) is 15.3 Å². The van der Waals surface area contributed by atoms with Gasteiger partial charge in [0.05, 0.1) is 0 Å². The molecule has 0 spiro atoms. The zero-order chi connectivity index (χ0) is 21.6. The molecule has 2 amide bonds. The number of amides is 2. The van der Waals surface area contributed by atoms with E-state index in [4.69, 9.17) is 15.2 Å². The number of hydrogen-bond donors (Lipinski definition) is 2. The second-order valence-electron chi connectivity index (χ2n) is 7.55. The van der Waals surface area contributed by atoms with Gasteiger partial charge in [-0.1, -0.05) is 30.3 Å². The van der Waals surface area contributed by atoms with Crippen molar-refractivity contribution >= 4 is 23.0 Å². The minimum atomic E-state index is -0.593. The summed E-state index contributed by atoms with van der Waals surface area (Å²) in [5.41, 5.74) is 7.20. The Kier molecular flexibility index (Phi) is 6.26. The summed E-state index contributed by atoms with van der Waals surface area (Å²) in [5, 5.41) is 3.64. The van der Waals surface area contributed by atoms with Gasteiger partial charge in [0.15, 0.2) is 5.65 Å². The largest absolute Gasteiger partial charge is 0.474 e. The molecule has 1 aliphatic carbocycles. The van der Waals surface area contributed by atoms with E-state index in [1.54, 1.807) is 18.3 Å². The van der Waals surface area contributed by atoms with Gasteiger partial charge in [-0.3, -0.25) is 4.79 Å². The van der Waals surface area contributed by atoms with Gasteiger partial charge in [-0.05, 0) is 49.4 Å². The normalized spacial score (nSPS) is 18.3. The molecule has 0 bridgehead atoms. The molecule has 1 aliphatic rings. The SMILES string of the molecule is NC(=O)c1cc2cccnc2nc1OC1CCC(NC(=O)OCc2ccccc2)CC1. The van der Waals surface area contributed by atoms with Gasteiger partial charge in [0.25, 0.3) is 5.91 Å². The lowest BCUT2D eigenvalue weighted by molar-refractivity contribution is 0.0973. The Morgan fingerprint density at radius 2 is 1.84 bits per heavy atom. The number of carbonyl (C=O) groups is 2. The van der Waals surface area contributed by atoms with Crippen LogP contribution in [0.1, 0.15) is 41.6 Å². The fourth-order valence-electron chi connectivity index (χ4n) is 3.67. The van der Waals surface area contributed by atoms with Gasteiger partial charge >= 0.3 is 6.09 Å². The highest BCUT2D eigenvalue weighted by Crippen LogP contribution is 2.27. The Labute approximate surface area is 179 Å². The quantitative estimate of drug-likeness (QED) is 0.632. The first-order valence-corrected chi connectivity index (χ1v) is 10.3. The van der Waals surface area contributed by atoms with Crippen LogP contribution in [0.15, 0.2) is 54.7 Å². The molecule has 31 heavy (non-hydrogen) atoms. The third-order valence-corrected chi connectivity index (χ3v) is 5.31. The topological polar surface area (TPSA) is 116 Å². The summed E-state index contributed by atoms with van der Waals surface area (Å²) in [7, 11) is 0. The molecule has 0 saturated heterocycles. The molecular weight excluding hydrogens is 396 g/mol. The number of carbonyl (C=O) groups excluding carboxylic acids is 2. The standard InChI is InChI=1S/C23H24N4O4/c24-20(28)19-13-16-7-4-12-25-21(16)27-22(19)31-18-10-8-17(9-11-18)26-23(29)30-14-15-5-2-1-3-6-15/h1-7,12-13,17-18H,8-11,14H2,(H2,24,28)(H,26,29). The Bertz CT molecular complexity index is 1070. The fraction of sp³-hybridized carbons (Fsp3) is 0.304. The van der Waals surface area contributed by atoms with E-state index in [-0.39, 0.29) is 30.2 Å². The van der Waals surface area contributed by atoms with Crippen LogP contribution in [0, 0.1) is 0 Å². The Hall–Kier alpha value is -3.68. The first-order chi connectivity index (χ1) is 15.1. The van der Waals surface area contributed by atoms with Gasteiger partial charge < -0.3 is 20.5 Å². The van der Waals surface area contributed by atoms with Gasteiger partial charge in [0.2, 0.25) is 5.88 Å². The smallest absolute Gasteiger partial charge is 0.407 e. The highest BCUT2D eigenvalue weighted by Gasteiger charge is 2.26. The van der Waals surface area contributed by atoms with E-state index in [1.165, 1.54) is 0 Å². The minimum Gasteiger partial charge on any atom is -0.474 e. The van der Waals surface area contributed by atoms with Gasteiger partial charge in [0, 0.05) is 17.6 Å². The van der Waals surface area contributed by atoms with E-state index >= 15 is 0 Å². The van der Waals surface area contributed by atoms with Gasteiger partial charge in [-0.25, -0.2) is 9.78 Å². The van der Waals surface area contributed by atoms with Gasteiger partial charge in [-0.2, -0.15) is 4.98 Å². The fourth-order valence-corrected chi connectivity index (χ4v) is 3.67. The van der Waals surface area contributed by atoms with Crippen molar-refractivity contribution in [2.75, 3.05) is 0 Å². The average molecular weight is 420 g/mol. The maximum Gasteiger partial charge on any atom is 0.407 e. The molecule has 1 aromatic carbocycles. The number of fused-ring (bicyclic) bond motifs is 1. The van der Waals surface area contributed by atoms with Crippen LogP contribution in [0.25, 0.3) is 11.0 Å². The molecule has 0 unspecified atom stereocenters. The molecule has 0 radical (unpaired) electrons. The number of benzene rings is 1. The summed E-state index contributed by atoms with van der Waals surface area (Å²) in [6.45, 7) is 0.239. The number of rotatable bonds is 6. The summed E-state index contributed by atoms with van der Waals surface area (Å²) in [5.74, 6) is -0.387. The number of nitrogens with zero attached hydrogens (tertiary/aromatic N) is 2. The van der Waals surface area contributed by atoms with Crippen molar-refractivity contribution in [2.24, 2.45) is 5.73 Å². The molecule has 8 heteroatoms. The third kappa shape index (κ3) is 5.28. The predicted molar refractivity (Wildman–Crippen MR) is 114 cm³/mol. The van der Waals surface area contributed by atoms with Crippen molar-refractivity contribution in [3.8, 4) is 5.88 Å². The second kappa shape index (κ2) is 9.42. The van der Waals surface area contributed by atoms with Crippen molar-refractivity contribution in [3.63, 3.8) is 0 Å². The zero-order valence-electron chi connectivity index (χ0n) is 17.0. The number of hydrogen-bond acceptors (Lipinski definition) is 6. The van der Waals surface area contributed by atoms with Crippen LogP contribution in [0.3, 0.4) is 0 Å². The van der Waals surface area contributed by atoms with Crippen LogP contribution in [0.2, 0.25) is 0 Å². The number of primary amides is 1. The predicted octanol–water partition coefficient (Wildman–Crippen LogP) is 3.35. The summed E-state index contributed by atoms with van der Waals surface area (Å²) in [6.07, 6.45) is 3.99. The maximum absolute atomic E-state index is 12.1. The molecular formula is C23H24N4O4. The number of aromatic nitrogens is 2. The second-order valence-corrected chi connectivity index (χ2v) is 7.55. The van der Waals surface area contributed by atoms with Crippen LogP contribution < -0.4 is 15.8 Å². The van der Waals surface area contributed by atoms with Crippen LogP contribution >= 0.6 is 0 Å². The highest BCUT2D eigenvalue weighted by atomic mass is 16.5. The monoisotopic (exact) mass is 420 g/mol. The van der Waals surface area contributed by atoms with Gasteiger partial charge in [-0.15, -0.1) is 0 Å². The molecule has 2 aromatic heterocycles. The van der Waals surface area contributed by atoms with E-state index in [0.717, 1.165) is 23.8 Å². The summed E-state index contributed by atoms with van der Waals surface area (Å²) >= 11 is 0. The molecule has 3 N–H and O–H groups in total. The summed E-state index contributed by atoms with van der Waals surface area (Å²) in [4.78, 5) is 32.5. The Morgan fingerprint density at radius 1 is 1.06 bits per heavy atom. The first-order valence-electron chi connectivity index (χ1n) is 10.3. The minimum absolute atomic E-state index is 0.0185. The van der Waals surface area contributed by atoms with Crippen molar-refractivity contribution in [3.05, 3.63) is 65.9 Å². The maximum atomic E-state index is 12.1. The van der Waals surface area contributed by atoms with Crippen molar-refractivity contribution in [1.29, 1.82) is 0 Å².